The van der Waals surface area contributed by atoms with Crippen LogP contribution < -0.4 is 11.1 Å². The third-order valence-corrected chi connectivity index (χ3v) is 3.84. The molecule has 3 heteroatoms. The first-order chi connectivity index (χ1) is 9.56. The number of anilines is 1. The highest BCUT2D eigenvalue weighted by Crippen LogP contribution is 2.21. The number of aryl methyl sites for hydroxylation is 1. The van der Waals surface area contributed by atoms with Gasteiger partial charge in [-0.2, -0.15) is 0 Å². The molecule has 0 spiro atoms. The molecule has 1 amide bonds. The van der Waals surface area contributed by atoms with E-state index in [-0.39, 0.29) is 5.91 Å². The van der Waals surface area contributed by atoms with Gasteiger partial charge in [0.15, 0.2) is 0 Å². The average Bonchev–Trinajstić information content (AvgIpc) is 2.43. The van der Waals surface area contributed by atoms with Gasteiger partial charge < -0.3 is 11.1 Å². The largest absolute Gasteiger partial charge is 0.330 e. The van der Waals surface area contributed by atoms with Crippen molar-refractivity contribution in [2.24, 2.45) is 17.6 Å². The monoisotopic (exact) mass is 276 g/mol. The predicted molar refractivity (Wildman–Crippen MR) is 85.7 cm³/mol. The molecule has 1 aromatic carbocycles. The van der Waals surface area contributed by atoms with E-state index in [4.69, 9.17) is 5.73 Å². The molecule has 0 saturated carbocycles. The fraction of sp³-hybridized carbons (Fsp3) is 0.588. The van der Waals surface area contributed by atoms with Gasteiger partial charge >= 0.3 is 0 Å². The first-order valence-electron chi connectivity index (χ1n) is 7.65. The van der Waals surface area contributed by atoms with Crippen molar-refractivity contribution in [3.05, 3.63) is 29.8 Å². The van der Waals surface area contributed by atoms with E-state index in [1.165, 1.54) is 5.56 Å². The molecular formula is C17H28N2O. The van der Waals surface area contributed by atoms with Crippen molar-refractivity contribution in [2.75, 3.05) is 11.9 Å². The van der Waals surface area contributed by atoms with Crippen molar-refractivity contribution in [3.8, 4) is 0 Å². The van der Waals surface area contributed by atoms with Crippen LogP contribution in [0.3, 0.4) is 0 Å². The number of nitrogens with one attached hydrogen (secondary N) is 1. The van der Waals surface area contributed by atoms with E-state index >= 15 is 0 Å². The summed E-state index contributed by atoms with van der Waals surface area (Å²) >= 11 is 0. The number of carbonyl (C=O) groups is 1. The van der Waals surface area contributed by atoms with Crippen LogP contribution in [0.15, 0.2) is 24.3 Å². The molecule has 3 N–H and O–H groups in total. The van der Waals surface area contributed by atoms with Crippen LogP contribution in [0.25, 0.3) is 0 Å². The predicted octanol–water partition coefficient (Wildman–Crippen LogP) is 3.59. The average molecular weight is 276 g/mol. The molecule has 0 aliphatic rings. The summed E-state index contributed by atoms with van der Waals surface area (Å²) in [5.41, 5.74) is 7.77. The van der Waals surface area contributed by atoms with Gasteiger partial charge in [0.1, 0.15) is 0 Å². The van der Waals surface area contributed by atoms with Gasteiger partial charge in [-0.25, -0.2) is 0 Å². The minimum absolute atomic E-state index is 0.0981. The fourth-order valence-electron chi connectivity index (χ4n) is 2.43. The first kappa shape index (κ1) is 16.7. The maximum atomic E-state index is 12.0. The highest BCUT2D eigenvalue weighted by atomic mass is 16.1. The lowest BCUT2D eigenvalue weighted by Gasteiger charge is -2.19. The van der Waals surface area contributed by atoms with Crippen molar-refractivity contribution < 1.29 is 4.79 Å². The van der Waals surface area contributed by atoms with E-state index in [2.05, 4.69) is 32.2 Å². The summed E-state index contributed by atoms with van der Waals surface area (Å²) in [6.07, 6.45) is 3.46. The van der Waals surface area contributed by atoms with E-state index < -0.39 is 0 Å². The Bertz CT molecular complexity index is 415. The molecule has 0 bridgehead atoms. The molecule has 0 aromatic heterocycles. The Hall–Kier alpha value is -1.35. The van der Waals surface area contributed by atoms with Gasteiger partial charge in [-0.3, -0.25) is 4.79 Å². The van der Waals surface area contributed by atoms with Crippen LogP contribution in [0.2, 0.25) is 0 Å². The molecule has 0 aliphatic carbocycles. The van der Waals surface area contributed by atoms with Crippen LogP contribution in [0.5, 0.6) is 0 Å². The highest BCUT2D eigenvalue weighted by molar-refractivity contribution is 5.90. The Morgan fingerprint density at radius 3 is 2.65 bits per heavy atom. The van der Waals surface area contributed by atoms with Gasteiger partial charge in [-0.05, 0) is 55.3 Å². The van der Waals surface area contributed by atoms with Gasteiger partial charge in [-0.15, -0.1) is 0 Å². The molecule has 1 unspecified atom stereocenters. The van der Waals surface area contributed by atoms with Crippen molar-refractivity contribution in [1.29, 1.82) is 0 Å². The van der Waals surface area contributed by atoms with Gasteiger partial charge in [0.25, 0.3) is 0 Å². The third kappa shape index (κ3) is 5.74. The van der Waals surface area contributed by atoms with Crippen molar-refractivity contribution in [1.82, 2.24) is 0 Å². The molecule has 0 aliphatic heterocycles. The minimum Gasteiger partial charge on any atom is -0.330 e. The van der Waals surface area contributed by atoms with Gasteiger partial charge in [0.2, 0.25) is 5.91 Å². The van der Waals surface area contributed by atoms with E-state index in [1.807, 2.05) is 18.2 Å². The zero-order valence-electron chi connectivity index (χ0n) is 13.0. The van der Waals surface area contributed by atoms with Crippen LogP contribution in [0.4, 0.5) is 5.69 Å². The van der Waals surface area contributed by atoms with E-state index in [0.29, 0.717) is 24.8 Å². The molecule has 0 fully saturated rings. The molecular weight excluding hydrogens is 248 g/mol. The van der Waals surface area contributed by atoms with E-state index in [9.17, 15) is 4.79 Å². The van der Waals surface area contributed by atoms with Crippen molar-refractivity contribution in [2.45, 2.75) is 46.5 Å². The zero-order chi connectivity index (χ0) is 15.0. The maximum Gasteiger partial charge on any atom is 0.224 e. The summed E-state index contributed by atoms with van der Waals surface area (Å²) in [4.78, 5) is 12.0. The first-order valence-corrected chi connectivity index (χ1v) is 7.65. The third-order valence-electron chi connectivity index (χ3n) is 3.84. The van der Waals surface area contributed by atoms with Crippen LogP contribution in [0.1, 0.15) is 45.6 Å². The Morgan fingerprint density at radius 2 is 2.05 bits per heavy atom. The summed E-state index contributed by atoms with van der Waals surface area (Å²) in [6, 6.07) is 8.04. The molecule has 1 atom stereocenters. The summed E-state index contributed by atoms with van der Waals surface area (Å²) < 4.78 is 0. The number of rotatable bonds is 8. The molecule has 0 radical (unpaired) electrons. The standard InChI is InChI=1S/C17H28N2O/c1-4-14-6-5-7-16(12-14)19-17(20)9-8-15(10-11-18)13(2)3/h5-7,12-13,15H,4,8-11,18H2,1-3H3,(H,19,20). The van der Waals surface area contributed by atoms with Crippen molar-refractivity contribution >= 4 is 11.6 Å². The number of nitrogens with two attached hydrogens (primary N) is 1. The van der Waals surface area contributed by atoms with Crippen LogP contribution >= 0.6 is 0 Å². The molecule has 1 rings (SSSR count). The van der Waals surface area contributed by atoms with Crippen LogP contribution in [-0.4, -0.2) is 12.5 Å². The molecule has 0 saturated heterocycles. The van der Waals surface area contributed by atoms with Crippen molar-refractivity contribution in [3.63, 3.8) is 0 Å². The molecule has 112 valence electrons. The lowest BCUT2D eigenvalue weighted by atomic mass is 9.88. The summed E-state index contributed by atoms with van der Waals surface area (Å²) in [5, 5.41) is 2.98. The topological polar surface area (TPSA) is 55.1 Å². The minimum atomic E-state index is 0.0981. The quantitative estimate of drug-likeness (QED) is 0.762. The second-order valence-electron chi connectivity index (χ2n) is 5.72. The van der Waals surface area contributed by atoms with Gasteiger partial charge in [-0.1, -0.05) is 32.9 Å². The molecule has 0 heterocycles. The number of hydrogen-bond donors (Lipinski definition) is 2. The normalized spacial score (nSPS) is 12.4. The number of carbonyl (C=O) groups excluding carboxylic acids is 1. The lowest BCUT2D eigenvalue weighted by Crippen LogP contribution is -2.18. The Kier molecular flexibility index (Phi) is 7.31. The molecule has 3 nitrogen and oxygen atoms in total. The van der Waals surface area contributed by atoms with Gasteiger partial charge in [0, 0.05) is 12.1 Å². The molecule has 1 aromatic rings. The van der Waals surface area contributed by atoms with Crippen LogP contribution in [0, 0.1) is 11.8 Å². The SMILES string of the molecule is CCc1cccc(NC(=O)CCC(CCN)C(C)C)c1. The number of amides is 1. The Balaban J connectivity index is 2.46. The summed E-state index contributed by atoms with van der Waals surface area (Å²) in [7, 11) is 0. The number of hydrogen-bond acceptors (Lipinski definition) is 2. The summed E-state index contributed by atoms with van der Waals surface area (Å²) in [5.74, 6) is 1.21. The second kappa shape index (κ2) is 8.75. The zero-order valence-corrected chi connectivity index (χ0v) is 13.0. The maximum absolute atomic E-state index is 12.0. The van der Waals surface area contributed by atoms with Gasteiger partial charge in [0.05, 0.1) is 0 Å². The Morgan fingerprint density at radius 1 is 1.30 bits per heavy atom. The van der Waals surface area contributed by atoms with E-state index in [0.717, 1.165) is 24.9 Å². The summed E-state index contributed by atoms with van der Waals surface area (Å²) in [6.45, 7) is 7.20. The smallest absolute Gasteiger partial charge is 0.224 e. The Labute approximate surface area is 122 Å². The second-order valence-corrected chi connectivity index (χ2v) is 5.72. The van der Waals surface area contributed by atoms with Crippen LogP contribution in [-0.2, 0) is 11.2 Å². The molecule has 20 heavy (non-hydrogen) atoms. The highest BCUT2D eigenvalue weighted by Gasteiger charge is 2.14. The van der Waals surface area contributed by atoms with E-state index in [1.54, 1.807) is 0 Å². The number of benzene rings is 1. The fourth-order valence-corrected chi connectivity index (χ4v) is 2.43. The lowest BCUT2D eigenvalue weighted by molar-refractivity contribution is -0.116.